The third-order valence-electron chi connectivity index (χ3n) is 5.06. The second-order valence-electron chi connectivity index (χ2n) is 7.03. The summed E-state index contributed by atoms with van der Waals surface area (Å²) in [5, 5.41) is 6.74. The van der Waals surface area contributed by atoms with Crippen LogP contribution in [0.4, 0.5) is 0 Å². The molecule has 1 N–H and O–H groups in total. The number of nitrogens with one attached hydrogen (secondary N) is 1. The molecule has 0 saturated carbocycles. The van der Waals surface area contributed by atoms with Crippen molar-refractivity contribution in [2.24, 2.45) is 4.99 Å². The Labute approximate surface area is 193 Å². The minimum atomic E-state index is 0. The zero-order valence-corrected chi connectivity index (χ0v) is 20.0. The van der Waals surface area contributed by atoms with Crippen molar-refractivity contribution in [1.82, 2.24) is 20.1 Å². The minimum absolute atomic E-state index is 0. The van der Waals surface area contributed by atoms with E-state index in [1.165, 1.54) is 5.56 Å². The molecule has 0 radical (unpaired) electrons. The molecule has 0 atom stereocenters. The molecular weight excluding hydrogens is 501 g/mol. The molecule has 0 amide bonds. The first kappa shape index (κ1) is 22.1. The molecule has 1 saturated heterocycles. The van der Waals surface area contributed by atoms with Crippen LogP contribution in [0.5, 0.6) is 11.5 Å². The normalized spacial score (nSPS) is 16.6. The number of ether oxygens (including phenoxy) is 2. The Kier molecular flexibility index (Phi) is 7.96. The summed E-state index contributed by atoms with van der Waals surface area (Å²) in [6.45, 7) is 8.13. The van der Waals surface area contributed by atoms with Crippen LogP contribution in [0.25, 0.3) is 0 Å². The number of piperazine rings is 1. The molecule has 0 spiro atoms. The van der Waals surface area contributed by atoms with Gasteiger partial charge in [0.1, 0.15) is 0 Å². The van der Waals surface area contributed by atoms with Gasteiger partial charge in [-0.05, 0) is 24.6 Å². The largest absolute Gasteiger partial charge is 0.454 e. The summed E-state index contributed by atoms with van der Waals surface area (Å²) in [5.74, 6) is 2.68. The maximum atomic E-state index is 5.49. The molecule has 1 aromatic heterocycles. The molecule has 4 rings (SSSR count). The van der Waals surface area contributed by atoms with E-state index in [1.807, 2.05) is 20.0 Å². The van der Waals surface area contributed by atoms with Crippen molar-refractivity contribution in [2.45, 2.75) is 19.9 Å². The van der Waals surface area contributed by atoms with Gasteiger partial charge >= 0.3 is 0 Å². The molecule has 158 valence electrons. The Balaban J connectivity index is 0.00000240. The fourth-order valence-electron chi connectivity index (χ4n) is 3.57. The van der Waals surface area contributed by atoms with Crippen LogP contribution in [0.15, 0.2) is 28.6 Å². The number of fused-ring (bicyclic) bond motifs is 1. The Morgan fingerprint density at radius 1 is 1.21 bits per heavy atom. The molecule has 0 aliphatic carbocycles. The number of rotatable bonds is 5. The first-order valence-corrected chi connectivity index (χ1v) is 10.6. The van der Waals surface area contributed by atoms with E-state index in [0.717, 1.165) is 73.8 Å². The Morgan fingerprint density at radius 2 is 2.00 bits per heavy atom. The summed E-state index contributed by atoms with van der Waals surface area (Å²) in [6.07, 6.45) is 0.924. The van der Waals surface area contributed by atoms with Gasteiger partial charge in [-0.2, -0.15) is 0 Å². The number of nitrogens with zero attached hydrogens (tertiary/aromatic N) is 4. The molecule has 0 bridgehead atoms. The number of aryl methyl sites for hydroxylation is 1. The molecule has 1 fully saturated rings. The van der Waals surface area contributed by atoms with Crippen molar-refractivity contribution in [3.8, 4) is 11.5 Å². The summed E-state index contributed by atoms with van der Waals surface area (Å²) >= 11 is 1.70. The number of guanidine groups is 1. The van der Waals surface area contributed by atoms with E-state index in [9.17, 15) is 0 Å². The standard InChI is InChI=1S/C20H27N5O2S.HI/c1-15-23-17(13-28-15)5-6-22-20(21-2)25-9-7-24(8-10-25)12-16-3-4-18-19(11-16)27-14-26-18;/h3-4,11,13H,5-10,12,14H2,1-2H3,(H,21,22);1H. The van der Waals surface area contributed by atoms with E-state index in [-0.39, 0.29) is 24.0 Å². The summed E-state index contributed by atoms with van der Waals surface area (Å²) in [5.41, 5.74) is 2.41. The average molecular weight is 529 g/mol. The Morgan fingerprint density at radius 3 is 2.72 bits per heavy atom. The molecule has 2 aromatic rings. The summed E-state index contributed by atoms with van der Waals surface area (Å²) < 4.78 is 10.9. The van der Waals surface area contributed by atoms with Gasteiger partial charge in [-0.1, -0.05) is 6.07 Å². The molecule has 29 heavy (non-hydrogen) atoms. The number of aliphatic imine (C=N–C) groups is 1. The maximum absolute atomic E-state index is 5.49. The average Bonchev–Trinajstić information content (AvgIpc) is 3.34. The number of aromatic nitrogens is 1. The van der Waals surface area contributed by atoms with Crippen LogP contribution in [0, 0.1) is 6.92 Å². The van der Waals surface area contributed by atoms with Gasteiger partial charge in [0, 0.05) is 58.1 Å². The molecule has 0 unspecified atom stereocenters. The Hall–Kier alpha value is -1.59. The quantitative estimate of drug-likeness (QED) is 0.365. The number of hydrogen-bond acceptors (Lipinski definition) is 6. The predicted octanol–water partition coefficient (Wildman–Crippen LogP) is 2.73. The molecule has 1 aromatic carbocycles. The number of halogens is 1. The first-order chi connectivity index (χ1) is 13.7. The Bertz CT molecular complexity index is 836. The lowest BCUT2D eigenvalue weighted by Gasteiger charge is -2.36. The third kappa shape index (κ3) is 5.73. The highest BCUT2D eigenvalue weighted by Crippen LogP contribution is 2.32. The topological polar surface area (TPSA) is 62.2 Å². The number of hydrogen-bond donors (Lipinski definition) is 1. The van der Waals surface area contributed by atoms with Gasteiger partial charge in [0.25, 0.3) is 0 Å². The van der Waals surface area contributed by atoms with Gasteiger partial charge in [0.05, 0.1) is 10.7 Å². The smallest absolute Gasteiger partial charge is 0.231 e. The maximum Gasteiger partial charge on any atom is 0.231 e. The lowest BCUT2D eigenvalue weighted by atomic mass is 10.1. The second kappa shape index (κ2) is 10.4. The minimum Gasteiger partial charge on any atom is -0.454 e. The summed E-state index contributed by atoms with van der Waals surface area (Å²) in [4.78, 5) is 13.8. The van der Waals surface area contributed by atoms with Gasteiger partial charge in [0.2, 0.25) is 6.79 Å². The molecule has 2 aliphatic heterocycles. The fourth-order valence-corrected chi connectivity index (χ4v) is 4.22. The van der Waals surface area contributed by atoms with Crippen LogP contribution in [0.2, 0.25) is 0 Å². The fraction of sp³-hybridized carbons (Fsp3) is 0.500. The van der Waals surface area contributed by atoms with Gasteiger partial charge in [-0.3, -0.25) is 9.89 Å². The molecular formula is C20H28IN5O2S. The van der Waals surface area contributed by atoms with Crippen LogP contribution in [-0.2, 0) is 13.0 Å². The van der Waals surface area contributed by atoms with Crippen LogP contribution in [0.3, 0.4) is 0 Å². The van der Waals surface area contributed by atoms with E-state index in [0.29, 0.717) is 6.79 Å². The van der Waals surface area contributed by atoms with E-state index in [4.69, 9.17) is 9.47 Å². The van der Waals surface area contributed by atoms with Crippen molar-refractivity contribution in [2.75, 3.05) is 46.6 Å². The molecule has 3 heterocycles. The van der Waals surface area contributed by atoms with Crippen LogP contribution >= 0.6 is 35.3 Å². The molecule has 7 nitrogen and oxygen atoms in total. The van der Waals surface area contributed by atoms with E-state index < -0.39 is 0 Å². The third-order valence-corrected chi connectivity index (χ3v) is 5.88. The highest BCUT2D eigenvalue weighted by Gasteiger charge is 2.20. The highest BCUT2D eigenvalue weighted by atomic mass is 127. The van der Waals surface area contributed by atoms with Crippen molar-refractivity contribution in [1.29, 1.82) is 0 Å². The number of benzene rings is 1. The van der Waals surface area contributed by atoms with Crippen LogP contribution in [0.1, 0.15) is 16.3 Å². The van der Waals surface area contributed by atoms with Crippen molar-refractivity contribution in [3.05, 3.63) is 39.8 Å². The van der Waals surface area contributed by atoms with Gasteiger partial charge in [0.15, 0.2) is 17.5 Å². The molecule has 9 heteroatoms. The van der Waals surface area contributed by atoms with Gasteiger partial charge < -0.3 is 19.7 Å². The van der Waals surface area contributed by atoms with E-state index in [2.05, 4.69) is 42.6 Å². The summed E-state index contributed by atoms with van der Waals surface area (Å²) in [6, 6.07) is 6.22. The molecule has 2 aliphatic rings. The van der Waals surface area contributed by atoms with E-state index >= 15 is 0 Å². The van der Waals surface area contributed by atoms with E-state index in [1.54, 1.807) is 11.3 Å². The van der Waals surface area contributed by atoms with Gasteiger partial charge in [-0.15, -0.1) is 35.3 Å². The predicted molar refractivity (Wildman–Crippen MR) is 127 cm³/mol. The monoisotopic (exact) mass is 529 g/mol. The van der Waals surface area contributed by atoms with Crippen molar-refractivity contribution in [3.63, 3.8) is 0 Å². The zero-order chi connectivity index (χ0) is 19.3. The number of thiazole rings is 1. The second-order valence-corrected chi connectivity index (χ2v) is 8.09. The van der Waals surface area contributed by atoms with Crippen molar-refractivity contribution < 1.29 is 9.47 Å². The SMILES string of the molecule is CN=C(NCCc1csc(C)n1)N1CCN(Cc2ccc3c(c2)OCO3)CC1.I. The highest BCUT2D eigenvalue weighted by molar-refractivity contribution is 14.0. The van der Waals surface area contributed by atoms with Gasteiger partial charge in [-0.25, -0.2) is 4.98 Å². The van der Waals surface area contributed by atoms with Crippen LogP contribution in [-0.4, -0.2) is 67.3 Å². The summed E-state index contributed by atoms with van der Waals surface area (Å²) in [7, 11) is 1.86. The van der Waals surface area contributed by atoms with Crippen molar-refractivity contribution >= 4 is 41.3 Å². The lowest BCUT2D eigenvalue weighted by molar-refractivity contribution is 0.171. The van der Waals surface area contributed by atoms with Crippen LogP contribution < -0.4 is 14.8 Å². The first-order valence-electron chi connectivity index (χ1n) is 9.69. The zero-order valence-electron chi connectivity index (χ0n) is 16.9. The lowest BCUT2D eigenvalue weighted by Crippen LogP contribution is -2.52.